The highest BCUT2D eigenvalue weighted by Crippen LogP contribution is 2.29. The average Bonchev–Trinajstić information content (AvgIpc) is 3.13. The number of nitrogens with zero attached hydrogens (tertiary/aromatic N) is 2. The van der Waals surface area contributed by atoms with Crippen molar-refractivity contribution < 1.29 is 14.3 Å². The number of carbonyl (C=O) groups is 2. The maximum Gasteiger partial charge on any atom is 0.283 e. The number of rotatable bonds is 6. The largest absolute Gasteiger partial charge is 0.497 e. The zero-order chi connectivity index (χ0) is 21.6. The van der Waals surface area contributed by atoms with Crippen LogP contribution in [0.2, 0.25) is 0 Å². The van der Waals surface area contributed by atoms with Crippen molar-refractivity contribution in [3.05, 3.63) is 102 Å². The van der Waals surface area contributed by atoms with Crippen LogP contribution >= 0.6 is 11.8 Å². The molecule has 0 spiro atoms. The first kappa shape index (κ1) is 20.6. The van der Waals surface area contributed by atoms with Gasteiger partial charge in [0.2, 0.25) is 0 Å². The van der Waals surface area contributed by atoms with Crippen LogP contribution in [0, 0.1) is 0 Å². The molecule has 31 heavy (non-hydrogen) atoms. The SMILES string of the molecule is COc1ccc(C(=O)CSC2=N/C(=C\c3ccccc3)C(=O)N2c2ccccc2)cc1. The minimum atomic E-state index is -0.213. The van der Waals surface area contributed by atoms with Crippen LogP contribution in [0.5, 0.6) is 5.75 Å². The molecule has 1 aliphatic heterocycles. The van der Waals surface area contributed by atoms with Gasteiger partial charge < -0.3 is 4.74 Å². The Morgan fingerprint density at radius 2 is 1.61 bits per heavy atom. The molecule has 0 atom stereocenters. The molecule has 0 bridgehead atoms. The molecule has 0 N–H and O–H groups in total. The fourth-order valence-corrected chi connectivity index (χ4v) is 4.00. The summed E-state index contributed by atoms with van der Waals surface area (Å²) in [4.78, 5) is 31.9. The summed E-state index contributed by atoms with van der Waals surface area (Å²) >= 11 is 1.25. The number of ether oxygens (including phenoxy) is 1. The molecule has 0 aromatic heterocycles. The van der Waals surface area contributed by atoms with E-state index in [0.717, 1.165) is 5.56 Å². The van der Waals surface area contributed by atoms with E-state index in [1.807, 2.05) is 60.7 Å². The minimum absolute atomic E-state index is 0.0451. The second-order valence-corrected chi connectivity index (χ2v) is 7.69. The number of thioether (sulfide) groups is 1. The number of amides is 1. The average molecular weight is 429 g/mol. The summed E-state index contributed by atoms with van der Waals surface area (Å²) < 4.78 is 5.14. The Morgan fingerprint density at radius 3 is 2.26 bits per heavy atom. The lowest BCUT2D eigenvalue weighted by atomic mass is 10.1. The van der Waals surface area contributed by atoms with Gasteiger partial charge in [0, 0.05) is 5.56 Å². The van der Waals surface area contributed by atoms with E-state index in [-0.39, 0.29) is 17.4 Å². The standard InChI is InChI=1S/C25H20N2O3S/c1-30-21-14-12-19(13-15-21)23(28)17-31-25-26-22(16-18-8-4-2-5-9-18)24(29)27(25)20-10-6-3-7-11-20/h2-16H,17H2,1H3/b22-16-. The van der Waals surface area contributed by atoms with Crippen molar-refractivity contribution in [1.29, 1.82) is 0 Å². The Morgan fingerprint density at radius 1 is 0.968 bits per heavy atom. The lowest BCUT2D eigenvalue weighted by molar-refractivity contribution is -0.113. The quantitative estimate of drug-likeness (QED) is 0.407. The van der Waals surface area contributed by atoms with E-state index in [2.05, 4.69) is 4.99 Å². The first-order chi connectivity index (χ1) is 15.2. The number of methoxy groups -OCH3 is 1. The first-order valence-electron chi connectivity index (χ1n) is 9.71. The highest BCUT2D eigenvalue weighted by Gasteiger charge is 2.32. The van der Waals surface area contributed by atoms with Crippen molar-refractivity contribution in [2.24, 2.45) is 4.99 Å². The minimum Gasteiger partial charge on any atom is -0.497 e. The van der Waals surface area contributed by atoms with Gasteiger partial charge in [-0.05, 0) is 48.0 Å². The van der Waals surface area contributed by atoms with E-state index in [1.165, 1.54) is 11.8 Å². The molecule has 0 unspecified atom stereocenters. The van der Waals surface area contributed by atoms with Gasteiger partial charge in [0.15, 0.2) is 11.0 Å². The molecule has 3 aromatic rings. The van der Waals surface area contributed by atoms with Crippen LogP contribution in [0.4, 0.5) is 5.69 Å². The molecule has 1 heterocycles. The maximum absolute atomic E-state index is 13.1. The maximum atomic E-state index is 13.1. The van der Waals surface area contributed by atoms with Crippen LogP contribution in [-0.2, 0) is 4.79 Å². The molecule has 0 saturated carbocycles. The fourth-order valence-electron chi connectivity index (χ4n) is 3.10. The number of Topliss-reactive ketones (excluding diaryl/α,β-unsaturated/α-hetero) is 1. The zero-order valence-electron chi connectivity index (χ0n) is 16.9. The van der Waals surface area contributed by atoms with Crippen LogP contribution < -0.4 is 9.64 Å². The molecular weight excluding hydrogens is 408 g/mol. The lowest BCUT2D eigenvalue weighted by Gasteiger charge is -2.17. The second kappa shape index (κ2) is 9.45. The topological polar surface area (TPSA) is 59.0 Å². The van der Waals surface area contributed by atoms with Crippen molar-refractivity contribution in [2.45, 2.75) is 0 Å². The number of hydrogen-bond donors (Lipinski definition) is 0. The van der Waals surface area contributed by atoms with Gasteiger partial charge >= 0.3 is 0 Å². The van der Waals surface area contributed by atoms with E-state index < -0.39 is 0 Å². The van der Waals surface area contributed by atoms with E-state index >= 15 is 0 Å². The van der Waals surface area contributed by atoms with Gasteiger partial charge in [0.05, 0.1) is 18.6 Å². The number of para-hydroxylation sites is 1. The van der Waals surface area contributed by atoms with E-state index in [0.29, 0.717) is 27.9 Å². The Balaban J connectivity index is 1.58. The summed E-state index contributed by atoms with van der Waals surface area (Å²) in [5.41, 5.74) is 2.54. The molecule has 3 aromatic carbocycles. The number of benzene rings is 3. The summed E-state index contributed by atoms with van der Waals surface area (Å²) in [6.07, 6.45) is 1.76. The molecular formula is C25H20N2O3S. The fraction of sp³-hybridized carbons (Fsp3) is 0.0800. The highest BCUT2D eigenvalue weighted by atomic mass is 32.2. The number of hydrogen-bond acceptors (Lipinski definition) is 5. The Kier molecular flexibility index (Phi) is 6.29. The number of anilines is 1. The van der Waals surface area contributed by atoms with E-state index in [1.54, 1.807) is 42.4 Å². The first-order valence-corrected chi connectivity index (χ1v) is 10.7. The normalized spacial score (nSPS) is 14.6. The van der Waals surface area contributed by atoms with Crippen LogP contribution in [-0.4, -0.2) is 29.7 Å². The Bertz CT molecular complexity index is 1140. The number of ketones is 1. The second-order valence-electron chi connectivity index (χ2n) is 6.75. The predicted molar refractivity (Wildman–Crippen MR) is 126 cm³/mol. The van der Waals surface area contributed by atoms with E-state index in [4.69, 9.17) is 4.74 Å². The third kappa shape index (κ3) is 4.75. The molecule has 5 nitrogen and oxygen atoms in total. The summed E-state index contributed by atoms with van der Waals surface area (Å²) in [5, 5.41) is 0.486. The molecule has 6 heteroatoms. The smallest absolute Gasteiger partial charge is 0.283 e. The Hall–Kier alpha value is -3.64. The Labute approximate surface area is 185 Å². The zero-order valence-corrected chi connectivity index (χ0v) is 17.7. The van der Waals surface area contributed by atoms with Gasteiger partial charge in [-0.1, -0.05) is 60.3 Å². The van der Waals surface area contributed by atoms with Crippen LogP contribution in [0.15, 0.2) is 95.6 Å². The molecule has 0 aliphatic carbocycles. The van der Waals surface area contributed by atoms with E-state index in [9.17, 15) is 9.59 Å². The molecule has 1 aliphatic rings. The highest BCUT2D eigenvalue weighted by molar-refractivity contribution is 8.14. The van der Waals surface area contributed by atoms with Crippen molar-refractivity contribution in [1.82, 2.24) is 0 Å². The van der Waals surface area contributed by atoms with Gasteiger partial charge in [-0.15, -0.1) is 0 Å². The predicted octanol–water partition coefficient (Wildman–Crippen LogP) is 5.06. The molecule has 1 amide bonds. The van der Waals surface area contributed by atoms with Crippen LogP contribution in [0.3, 0.4) is 0 Å². The molecule has 0 saturated heterocycles. The summed E-state index contributed by atoms with van der Waals surface area (Å²) in [7, 11) is 1.58. The molecule has 0 radical (unpaired) electrons. The molecule has 154 valence electrons. The van der Waals surface area contributed by atoms with Crippen molar-refractivity contribution in [2.75, 3.05) is 17.8 Å². The number of aliphatic imine (C=N–C) groups is 1. The van der Waals surface area contributed by atoms with Gasteiger partial charge in [0.25, 0.3) is 5.91 Å². The van der Waals surface area contributed by atoms with Gasteiger partial charge in [0.1, 0.15) is 11.4 Å². The van der Waals surface area contributed by atoms with Crippen molar-refractivity contribution in [3.63, 3.8) is 0 Å². The van der Waals surface area contributed by atoms with Gasteiger partial charge in [-0.3, -0.25) is 14.5 Å². The third-order valence-electron chi connectivity index (χ3n) is 4.69. The molecule has 0 fully saturated rings. The van der Waals surface area contributed by atoms with Gasteiger partial charge in [-0.2, -0.15) is 0 Å². The van der Waals surface area contributed by atoms with Gasteiger partial charge in [-0.25, -0.2) is 4.99 Å². The van der Waals surface area contributed by atoms with Crippen LogP contribution in [0.25, 0.3) is 6.08 Å². The lowest BCUT2D eigenvalue weighted by Crippen LogP contribution is -2.30. The monoisotopic (exact) mass is 428 g/mol. The van der Waals surface area contributed by atoms with Crippen molar-refractivity contribution >= 4 is 40.4 Å². The number of carbonyl (C=O) groups excluding carboxylic acids is 2. The number of amidine groups is 1. The van der Waals surface area contributed by atoms with Crippen molar-refractivity contribution in [3.8, 4) is 5.75 Å². The third-order valence-corrected chi connectivity index (χ3v) is 5.63. The molecule has 4 rings (SSSR count). The summed E-state index contributed by atoms with van der Waals surface area (Å²) in [6, 6.07) is 25.9. The summed E-state index contributed by atoms with van der Waals surface area (Å²) in [5.74, 6) is 0.604. The summed E-state index contributed by atoms with van der Waals surface area (Å²) in [6.45, 7) is 0. The van der Waals surface area contributed by atoms with Crippen LogP contribution in [0.1, 0.15) is 15.9 Å².